The van der Waals surface area contributed by atoms with Crippen molar-refractivity contribution in [3.8, 4) is 0 Å². The number of carbonyl (C=O) groups is 2. The van der Waals surface area contributed by atoms with Crippen LogP contribution < -0.4 is 0 Å². The van der Waals surface area contributed by atoms with Crippen LogP contribution in [0.1, 0.15) is 48.2 Å². The molecular formula is C23H24O2S. The van der Waals surface area contributed by atoms with E-state index in [0.717, 1.165) is 27.3 Å². The van der Waals surface area contributed by atoms with Crippen LogP contribution in [0.4, 0.5) is 0 Å². The largest absolute Gasteiger partial charge is 0.294 e. The Morgan fingerprint density at radius 2 is 1.69 bits per heavy atom. The van der Waals surface area contributed by atoms with E-state index < -0.39 is 0 Å². The van der Waals surface area contributed by atoms with Crippen molar-refractivity contribution in [2.24, 2.45) is 5.41 Å². The average Bonchev–Trinajstić information content (AvgIpc) is 2.61. The number of thioether (sulfide) groups is 1. The van der Waals surface area contributed by atoms with Crippen molar-refractivity contribution < 1.29 is 9.59 Å². The summed E-state index contributed by atoms with van der Waals surface area (Å²) in [6, 6.07) is 15.7. The van der Waals surface area contributed by atoms with Crippen LogP contribution in [0.5, 0.6) is 0 Å². The van der Waals surface area contributed by atoms with Gasteiger partial charge >= 0.3 is 0 Å². The smallest absolute Gasteiger partial charge is 0.197 e. The lowest BCUT2D eigenvalue weighted by Gasteiger charge is -2.33. The third kappa shape index (κ3) is 3.54. The summed E-state index contributed by atoms with van der Waals surface area (Å²) >= 11 is 1.55. The van der Waals surface area contributed by atoms with Gasteiger partial charge in [0, 0.05) is 21.8 Å². The first-order valence-corrected chi connectivity index (χ1v) is 9.74. The molecular weight excluding hydrogens is 340 g/mol. The lowest BCUT2D eigenvalue weighted by molar-refractivity contribution is -0.116. The normalized spacial score (nSPS) is 16.7. The Morgan fingerprint density at radius 3 is 2.38 bits per heavy atom. The van der Waals surface area contributed by atoms with Gasteiger partial charge in [0.1, 0.15) is 0 Å². The quantitative estimate of drug-likeness (QED) is 0.499. The van der Waals surface area contributed by atoms with E-state index in [1.807, 2.05) is 62.4 Å². The molecule has 0 radical (unpaired) electrons. The number of allylic oxidation sites excluding steroid dienone is 2. The van der Waals surface area contributed by atoms with Gasteiger partial charge in [0.2, 0.25) is 0 Å². The fourth-order valence-electron chi connectivity index (χ4n) is 3.29. The number of ketones is 2. The van der Waals surface area contributed by atoms with Crippen LogP contribution in [-0.4, -0.2) is 11.6 Å². The SMILES string of the molecule is Cc1cccc(C(=O)C2=C(Sc3ccccc3)C(C)(C)CCC2=O)c1C. The monoisotopic (exact) mass is 364 g/mol. The molecule has 0 saturated heterocycles. The maximum atomic E-state index is 13.4. The lowest BCUT2D eigenvalue weighted by atomic mass is 9.76. The average molecular weight is 365 g/mol. The second-order valence-electron chi connectivity index (χ2n) is 7.50. The van der Waals surface area contributed by atoms with Crippen LogP contribution in [0.15, 0.2) is 63.9 Å². The van der Waals surface area contributed by atoms with Gasteiger partial charge in [-0.1, -0.05) is 62.0 Å². The summed E-state index contributed by atoms with van der Waals surface area (Å²) in [4.78, 5) is 28.1. The summed E-state index contributed by atoms with van der Waals surface area (Å²) in [6.07, 6.45) is 1.20. The molecule has 0 aromatic heterocycles. The molecule has 0 atom stereocenters. The molecule has 0 fully saturated rings. The van der Waals surface area contributed by atoms with Crippen molar-refractivity contribution in [1.82, 2.24) is 0 Å². The topological polar surface area (TPSA) is 34.1 Å². The first-order valence-electron chi connectivity index (χ1n) is 8.93. The van der Waals surface area contributed by atoms with E-state index in [0.29, 0.717) is 17.6 Å². The number of Topliss-reactive ketones (excluding diaryl/α,β-unsaturated/α-hetero) is 2. The summed E-state index contributed by atoms with van der Waals surface area (Å²) in [6.45, 7) is 8.19. The number of carbonyl (C=O) groups excluding carboxylic acids is 2. The maximum absolute atomic E-state index is 13.4. The highest BCUT2D eigenvalue weighted by Crippen LogP contribution is 2.48. The Morgan fingerprint density at radius 1 is 1.00 bits per heavy atom. The van der Waals surface area contributed by atoms with E-state index in [1.165, 1.54) is 0 Å². The van der Waals surface area contributed by atoms with Crippen LogP contribution in [-0.2, 0) is 4.79 Å². The highest BCUT2D eigenvalue weighted by Gasteiger charge is 2.38. The van der Waals surface area contributed by atoms with E-state index >= 15 is 0 Å². The van der Waals surface area contributed by atoms with Crippen molar-refractivity contribution in [1.29, 1.82) is 0 Å². The molecule has 0 amide bonds. The molecule has 2 nitrogen and oxygen atoms in total. The minimum atomic E-state index is -0.197. The Kier molecular flexibility index (Phi) is 5.19. The maximum Gasteiger partial charge on any atom is 0.197 e. The molecule has 2 aromatic rings. The van der Waals surface area contributed by atoms with E-state index in [9.17, 15) is 9.59 Å². The van der Waals surface area contributed by atoms with Crippen molar-refractivity contribution in [3.63, 3.8) is 0 Å². The number of hydrogen-bond acceptors (Lipinski definition) is 3. The summed E-state index contributed by atoms with van der Waals surface area (Å²) in [5.41, 5.74) is 2.83. The lowest BCUT2D eigenvalue weighted by Crippen LogP contribution is -2.29. The van der Waals surface area contributed by atoms with Gasteiger partial charge in [-0.25, -0.2) is 0 Å². The van der Waals surface area contributed by atoms with Gasteiger partial charge in [-0.3, -0.25) is 9.59 Å². The minimum absolute atomic E-state index is 0.0336. The van der Waals surface area contributed by atoms with Gasteiger partial charge in [-0.15, -0.1) is 0 Å². The fraction of sp³-hybridized carbons (Fsp3) is 0.304. The first kappa shape index (κ1) is 18.7. The molecule has 0 N–H and O–H groups in total. The molecule has 2 aromatic carbocycles. The van der Waals surface area contributed by atoms with Gasteiger partial charge < -0.3 is 0 Å². The second kappa shape index (κ2) is 7.24. The summed E-state index contributed by atoms with van der Waals surface area (Å²) in [7, 11) is 0. The Balaban J connectivity index is 2.15. The van der Waals surface area contributed by atoms with E-state index in [4.69, 9.17) is 0 Å². The van der Waals surface area contributed by atoms with Crippen molar-refractivity contribution in [2.45, 2.75) is 45.4 Å². The van der Waals surface area contributed by atoms with Gasteiger partial charge in [-0.2, -0.15) is 0 Å². The molecule has 3 heteroatoms. The first-order chi connectivity index (χ1) is 12.3. The Labute approximate surface area is 159 Å². The van der Waals surface area contributed by atoms with Gasteiger partial charge in [0.15, 0.2) is 11.6 Å². The third-order valence-electron chi connectivity index (χ3n) is 5.14. The van der Waals surface area contributed by atoms with Crippen LogP contribution in [0.25, 0.3) is 0 Å². The predicted octanol–water partition coefficient (Wildman–Crippen LogP) is 5.92. The van der Waals surface area contributed by atoms with Gasteiger partial charge in [0.05, 0.1) is 5.57 Å². The Hall–Kier alpha value is -2.13. The third-order valence-corrected chi connectivity index (χ3v) is 6.61. The number of hydrogen-bond donors (Lipinski definition) is 0. The van der Waals surface area contributed by atoms with Crippen LogP contribution >= 0.6 is 11.8 Å². The number of rotatable bonds is 4. The molecule has 1 aliphatic carbocycles. The molecule has 134 valence electrons. The zero-order valence-corrected chi connectivity index (χ0v) is 16.6. The van der Waals surface area contributed by atoms with Crippen LogP contribution in [0, 0.1) is 19.3 Å². The molecule has 1 aliphatic rings. The second-order valence-corrected chi connectivity index (χ2v) is 8.59. The van der Waals surface area contributed by atoms with Crippen molar-refractivity contribution in [2.75, 3.05) is 0 Å². The molecule has 0 spiro atoms. The van der Waals surface area contributed by atoms with Crippen LogP contribution in [0.3, 0.4) is 0 Å². The molecule has 0 bridgehead atoms. The van der Waals surface area contributed by atoms with E-state index in [1.54, 1.807) is 11.8 Å². The van der Waals surface area contributed by atoms with E-state index in [2.05, 4.69) is 13.8 Å². The molecule has 26 heavy (non-hydrogen) atoms. The number of benzene rings is 2. The highest BCUT2D eigenvalue weighted by atomic mass is 32.2. The highest BCUT2D eigenvalue weighted by molar-refractivity contribution is 8.03. The van der Waals surface area contributed by atoms with Gasteiger partial charge in [-0.05, 0) is 48.9 Å². The van der Waals surface area contributed by atoms with Crippen molar-refractivity contribution in [3.05, 3.63) is 75.7 Å². The standard InChI is InChI=1S/C23H24O2S/c1-15-9-8-12-18(16(15)2)21(25)20-19(24)13-14-23(3,4)22(20)26-17-10-6-5-7-11-17/h5-12H,13-14H2,1-4H3. The zero-order chi connectivity index (χ0) is 18.9. The molecule has 0 heterocycles. The summed E-state index contributed by atoms with van der Waals surface area (Å²) in [5.74, 6) is -0.170. The molecule has 0 aliphatic heterocycles. The summed E-state index contributed by atoms with van der Waals surface area (Å²) < 4.78 is 0. The molecule has 0 saturated carbocycles. The van der Waals surface area contributed by atoms with Crippen molar-refractivity contribution >= 4 is 23.3 Å². The Bertz CT molecular complexity index is 892. The number of aryl methyl sites for hydroxylation is 1. The molecule has 3 rings (SSSR count). The predicted molar refractivity (Wildman–Crippen MR) is 108 cm³/mol. The molecule has 0 unspecified atom stereocenters. The van der Waals surface area contributed by atoms with Crippen LogP contribution in [0.2, 0.25) is 0 Å². The minimum Gasteiger partial charge on any atom is -0.294 e. The van der Waals surface area contributed by atoms with Gasteiger partial charge in [0.25, 0.3) is 0 Å². The van der Waals surface area contributed by atoms with E-state index in [-0.39, 0.29) is 17.0 Å². The fourth-order valence-corrected chi connectivity index (χ4v) is 4.50. The zero-order valence-electron chi connectivity index (χ0n) is 15.8. The summed E-state index contributed by atoms with van der Waals surface area (Å²) in [5, 5.41) is 0.